The van der Waals surface area contributed by atoms with E-state index in [1.165, 1.54) is 6.42 Å². The zero-order valence-corrected chi connectivity index (χ0v) is 11.6. The number of anilines is 2. The summed E-state index contributed by atoms with van der Waals surface area (Å²) in [6.07, 6.45) is 1.25. The SMILES string of the molecule is CCOc1cccc2c1NCC(CC(C)C)CN2. The summed E-state index contributed by atoms with van der Waals surface area (Å²) in [5, 5.41) is 7.08. The summed E-state index contributed by atoms with van der Waals surface area (Å²) >= 11 is 0. The lowest BCUT2D eigenvalue weighted by Gasteiger charge is -2.16. The molecule has 0 spiro atoms. The van der Waals surface area contributed by atoms with Gasteiger partial charge in [0.15, 0.2) is 0 Å². The van der Waals surface area contributed by atoms with Gasteiger partial charge < -0.3 is 15.4 Å². The predicted molar refractivity (Wildman–Crippen MR) is 77.5 cm³/mol. The van der Waals surface area contributed by atoms with Crippen LogP contribution in [-0.2, 0) is 0 Å². The van der Waals surface area contributed by atoms with Crippen molar-refractivity contribution in [2.24, 2.45) is 11.8 Å². The minimum Gasteiger partial charge on any atom is -0.492 e. The van der Waals surface area contributed by atoms with Gasteiger partial charge in [0.1, 0.15) is 11.4 Å². The van der Waals surface area contributed by atoms with Crippen LogP contribution in [0.5, 0.6) is 5.75 Å². The van der Waals surface area contributed by atoms with Gasteiger partial charge in [0.2, 0.25) is 0 Å². The van der Waals surface area contributed by atoms with E-state index in [1.54, 1.807) is 0 Å². The Morgan fingerprint density at radius 3 is 2.78 bits per heavy atom. The monoisotopic (exact) mass is 248 g/mol. The molecule has 0 saturated heterocycles. The molecule has 1 atom stereocenters. The van der Waals surface area contributed by atoms with Crippen molar-refractivity contribution in [1.29, 1.82) is 0 Å². The molecule has 1 aliphatic heterocycles. The zero-order valence-electron chi connectivity index (χ0n) is 11.6. The first-order valence-electron chi connectivity index (χ1n) is 6.94. The van der Waals surface area contributed by atoms with Crippen molar-refractivity contribution in [2.75, 3.05) is 30.3 Å². The van der Waals surface area contributed by atoms with Gasteiger partial charge in [-0.25, -0.2) is 0 Å². The van der Waals surface area contributed by atoms with Crippen molar-refractivity contribution in [2.45, 2.75) is 27.2 Å². The lowest BCUT2D eigenvalue weighted by atomic mass is 9.97. The molecule has 3 heteroatoms. The number of para-hydroxylation sites is 1. The van der Waals surface area contributed by atoms with Crippen molar-refractivity contribution >= 4 is 11.4 Å². The highest BCUT2D eigenvalue weighted by Gasteiger charge is 2.18. The summed E-state index contributed by atoms with van der Waals surface area (Å²) in [7, 11) is 0. The molecule has 18 heavy (non-hydrogen) atoms. The van der Waals surface area contributed by atoms with Gasteiger partial charge in [0.25, 0.3) is 0 Å². The molecule has 0 aromatic heterocycles. The summed E-state index contributed by atoms with van der Waals surface area (Å²) in [5.41, 5.74) is 2.28. The molecule has 1 aromatic carbocycles. The summed E-state index contributed by atoms with van der Waals surface area (Å²) in [6, 6.07) is 6.18. The molecule has 0 bridgehead atoms. The molecule has 0 saturated carbocycles. The number of rotatable bonds is 4. The molecule has 0 amide bonds. The smallest absolute Gasteiger partial charge is 0.144 e. The quantitative estimate of drug-likeness (QED) is 0.854. The van der Waals surface area contributed by atoms with E-state index in [1.807, 2.05) is 19.1 Å². The highest BCUT2D eigenvalue weighted by atomic mass is 16.5. The summed E-state index contributed by atoms with van der Waals surface area (Å²) in [4.78, 5) is 0. The van der Waals surface area contributed by atoms with Gasteiger partial charge in [-0.3, -0.25) is 0 Å². The number of hydrogen-bond acceptors (Lipinski definition) is 3. The Kier molecular flexibility index (Phi) is 4.34. The number of benzene rings is 1. The predicted octanol–water partition coefficient (Wildman–Crippen LogP) is 3.59. The molecule has 0 fully saturated rings. The van der Waals surface area contributed by atoms with Crippen LogP contribution in [0, 0.1) is 11.8 Å². The molecule has 1 aliphatic rings. The van der Waals surface area contributed by atoms with Crippen molar-refractivity contribution in [1.82, 2.24) is 0 Å². The Bertz CT molecular complexity index is 390. The maximum atomic E-state index is 5.67. The highest BCUT2D eigenvalue weighted by Crippen LogP contribution is 2.35. The van der Waals surface area contributed by atoms with Crippen LogP contribution in [0.1, 0.15) is 27.2 Å². The summed E-state index contributed by atoms with van der Waals surface area (Å²) in [5.74, 6) is 2.37. The minimum atomic E-state index is 0.673. The molecule has 1 aromatic rings. The van der Waals surface area contributed by atoms with Gasteiger partial charge in [0, 0.05) is 13.1 Å². The van der Waals surface area contributed by atoms with Crippen molar-refractivity contribution in [3.63, 3.8) is 0 Å². The minimum absolute atomic E-state index is 0.673. The fraction of sp³-hybridized carbons (Fsp3) is 0.600. The number of nitrogens with one attached hydrogen (secondary N) is 2. The van der Waals surface area contributed by atoms with Crippen LogP contribution in [0.2, 0.25) is 0 Å². The van der Waals surface area contributed by atoms with Crippen molar-refractivity contribution in [3.8, 4) is 5.75 Å². The fourth-order valence-electron chi connectivity index (χ4n) is 2.54. The van der Waals surface area contributed by atoms with Gasteiger partial charge in [-0.1, -0.05) is 19.9 Å². The second-order valence-corrected chi connectivity index (χ2v) is 5.37. The normalized spacial score (nSPS) is 18.6. The first-order valence-corrected chi connectivity index (χ1v) is 6.94. The second-order valence-electron chi connectivity index (χ2n) is 5.37. The standard InChI is InChI=1S/C15H24N2O/c1-4-18-14-7-5-6-13-15(14)17-10-12(9-16-13)8-11(2)3/h5-7,11-12,16-17H,4,8-10H2,1-3H3. The fourth-order valence-corrected chi connectivity index (χ4v) is 2.54. The van der Waals surface area contributed by atoms with Crippen molar-refractivity contribution in [3.05, 3.63) is 18.2 Å². The molecule has 100 valence electrons. The maximum Gasteiger partial charge on any atom is 0.144 e. The van der Waals surface area contributed by atoms with Crippen LogP contribution in [0.3, 0.4) is 0 Å². The number of ether oxygens (including phenoxy) is 1. The second kappa shape index (κ2) is 5.98. The van der Waals surface area contributed by atoms with E-state index < -0.39 is 0 Å². The van der Waals surface area contributed by atoms with Crippen LogP contribution in [0.25, 0.3) is 0 Å². The van der Waals surface area contributed by atoms with Gasteiger partial charge in [-0.2, -0.15) is 0 Å². The maximum absolute atomic E-state index is 5.67. The van der Waals surface area contributed by atoms with Gasteiger partial charge in [-0.05, 0) is 37.3 Å². The molecule has 2 rings (SSSR count). The van der Waals surface area contributed by atoms with Crippen molar-refractivity contribution < 1.29 is 4.74 Å². The van der Waals surface area contributed by atoms with E-state index in [0.717, 1.165) is 36.1 Å². The Morgan fingerprint density at radius 2 is 2.06 bits per heavy atom. The molecule has 1 heterocycles. The molecule has 1 unspecified atom stereocenters. The number of hydrogen-bond donors (Lipinski definition) is 2. The Hall–Kier alpha value is -1.38. The summed E-state index contributed by atoms with van der Waals surface area (Å²) in [6.45, 7) is 9.34. The van der Waals surface area contributed by atoms with Crippen LogP contribution in [0.4, 0.5) is 11.4 Å². The lowest BCUT2D eigenvalue weighted by molar-refractivity contribution is 0.342. The third kappa shape index (κ3) is 3.09. The zero-order chi connectivity index (χ0) is 13.0. The summed E-state index contributed by atoms with van der Waals surface area (Å²) < 4.78 is 5.67. The van der Waals surface area contributed by atoms with Crippen LogP contribution < -0.4 is 15.4 Å². The first-order chi connectivity index (χ1) is 8.70. The average molecular weight is 248 g/mol. The van der Waals surface area contributed by atoms with E-state index in [0.29, 0.717) is 12.5 Å². The number of fused-ring (bicyclic) bond motifs is 1. The molecular weight excluding hydrogens is 224 g/mol. The average Bonchev–Trinajstić information content (AvgIpc) is 2.53. The largest absolute Gasteiger partial charge is 0.492 e. The van der Waals surface area contributed by atoms with Gasteiger partial charge in [0.05, 0.1) is 12.3 Å². The highest BCUT2D eigenvalue weighted by molar-refractivity contribution is 5.76. The molecule has 0 radical (unpaired) electrons. The third-order valence-electron chi connectivity index (χ3n) is 3.28. The van der Waals surface area contributed by atoms with Crippen LogP contribution in [-0.4, -0.2) is 19.7 Å². The lowest BCUT2D eigenvalue weighted by Crippen LogP contribution is -2.20. The molecular formula is C15H24N2O. The van der Waals surface area contributed by atoms with Crippen LogP contribution >= 0.6 is 0 Å². The molecule has 0 aliphatic carbocycles. The first kappa shape index (κ1) is 13.1. The Labute approximate surface area is 110 Å². The van der Waals surface area contributed by atoms with Crippen LogP contribution in [0.15, 0.2) is 18.2 Å². The third-order valence-corrected chi connectivity index (χ3v) is 3.28. The topological polar surface area (TPSA) is 33.3 Å². The Balaban J connectivity index is 2.12. The van der Waals surface area contributed by atoms with Gasteiger partial charge in [-0.15, -0.1) is 0 Å². The van der Waals surface area contributed by atoms with E-state index in [2.05, 4.69) is 30.5 Å². The Morgan fingerprint density at radius 1 is 1.28 bits per heavy atom. The van der Waals surface area contributed by atoms with E-state index in [9.17, 15) is 0 Å². The van der Waals surface area contributed by atoms with E-state index in [-0.39, 0.29) is 0 Å². The molecule has 2 N–H and O–H groups in total. The van der Waals surface area contributed by atoms with E-state index in [4.69, 9.17) is 4.74 Å². The van der Waals surface area contributed by atoms with Gasteiger partial charge >= 0.3 is 0 Å². The van der Waals surface area contributed by atoms with E-state index >= 15 is 0 Å². The molecule has 3 nitrogen and oxygen atoms in total.